The van der Waals surface area contributed by atoms with Crippen LogP contribution in [0.2, 0.25) is 0 Å². The Morgan fingerprint density at radius 1 is 1.39 bits per heavy atom. The Kier molecular flexibility index (Phi) is 4.73. The molecule has 2 aromatic rings. The van der Waals surface area contributed by atoms with Gasteiger partial charge >= 0.3 is 5.69 Å². The van der Waals surface area contributed by atoms with Crippen molar-refractivity contribution in [3.63, 3.8) is 0 Å². The molecule has 1 aromatic heterocycles. The van der Waals surface area contributed by atoms with Crippen LogP contribution >= 0.6 is 0 Å². The first-order valence-electron chi connectivity index (χ1n) is 7.04. The van der Waals surface area contributed by atoms with Crippen LogP contribution in [-0.4, -0.2) is 20.6 Å². The predicted molar refractivity (Wildman–Crippen MR) is 82.7 cm³/mol. The lowest BCUT2D eigenvalue weighted by atomic mass is 10.2. The molecule has 23 heavy (non-hydrogen) atoms. The van der Waals surface area contributed by atoms with Crippen LogP contribution in [0, 0.1) is 36.7 Å². The first kappa shape index (κ1) is 16.6. The standard InChI is InChI=1S/C15H17FN4O3/c1-9-4-5-12(16)13(8-9)17-14(21)6-7-19-11(3)15(20(22)23)10(2)18-19/h4-5,8H,6-7H2,1-3H3,(H,17,21). The van der Waals surface area contributed by atoms with Gasteiger partial charge in [0.1, 0.15) is 17.2 Å². The molecule has 0 aliphatic heterocycles. The zero-order valence-corrected chi connectivity index (χ0v) is 13.1. The molecule has 1 aromatic carbocycles. The van der Waals surface area contributed by atoms with E-state index in [1.54, 1.807) is 32.9 Å². The van der Waals surface area contributed by atoms with Crippen molar-refractivity contribution in [2.75, 3.05) is 5.32 Å². The van der Waals surface area contributed by atoms with E-state index >= 15 is 0 Å². The molecular formula is C15H17FN4O3. The van der Waals surface area contributed by atoms with E-state index < -0.39 is 10.7 Å². The van der Waals surface area contributed by atoms with Gasteiger partial charge < -0.3 is 5.32 Å². The molecule has 0 unspecified atom stereocenters. The molecule has 0 bridgehead atoms. The van der Waals surface area contributed by atoms with Crippen LogP contribution in [0.15, 0.2) is 18.2 Å². The Labute approximate surface area is 132 Å². The zero-order chi connectivity index (χ0) is 17.1. The van der Waals surface area contributed by atoms with Crippen LogP contribution in [0.4, 0.5) is 15.8 Å². The molecule has 0 saturated heterocycles. The Bertz CT molecular complexity index is 770. The first-order chi connectivity index (χ1) is 10.8. The summed E-state index contributed by atoms with van der Waals surface area (Å²) in [6, 6.07) is 4.44. The van der Waals surface area contributed by atoms with Gasteiger partial charge in [-0.3, -0.25) is 19.6 Å². The number of nitrogens with zero attached hydrogens (tertiary/aromatic N) is 3. The van der Waals surface area contributed by atoms with Crippen LogP contribution in [-0.2, 0) is 11.3 Å². The monoisotopic (exact) mass is 320 g/mol. The number of aromatic nitrogens is 2. The molecule has 122 valence electrons. The highest BCUT2D eigenvalue weighted by atomic mass is 19.1. The molecule has 1 amide bonds. The summed E-state index contributed by atoms with van der Waals surface area (Å²) in [7, 11) is 0. The predicted octanol–water partition coefficient (Wildman–Crippen LogP) is 2.88. The number of halogens is 1. The number of carbonyl (C=O) groups is 1. The summed E-state index contributed by atoms with van der Waals surface area (Å²) in [6.45, 7) is 5.10. The van der Waals surface area contributed by atoms with Crippen molar-refractivity contribution in [2.45, 2.75) is 33.7 Å². The van der Waals surface area contributed by atoms with E-state index in [0.717, 1.165) is 5.56 Å². The van der Waals surface area contributed by atoms with E-state index in [2.05, 4.69) is 10.4 Å². The fraction of sp³-hybridized carbons (Fsp3) is 0.333. The fourth-order valence-corrected chi connectivity index (χ4v) is 2.32. The van der Waals surface area contributed by atoms with Crippen molar-refractivity contribution in [2.24, 2.45) is 0 Å². The fourth-order valence-electron chi connectivity index (χ4n) is 2.32. The number of anilines is 1. The smallest absolute Gasteiger partial charge is 0.312 e. The van der Waals surface area contributed by atoms with Gasteiger partial charge in [-0.25, -0.2) is 4.39 Å². The molecular weight excluding hydrogens is 303 g/mol. The van der Waals surface area contributed by atoms with Crippen LogP contribution in [0.25, 0.3) is 0 Å². The number of amides is 1. The van der Waals surface area contributed by atoms with E-state index in [9.17, 15) is 19.3 Å². The molecule has 1 heterocycles. The van der Waals surface area contributed by atoms with E-state index in [0.29, 0.717) is 11.4 Å². The largest absolute Gasteiger partial charge is 0.324 e. The van der Waals surface area contributed by atoms with Crippen molar-refractivity contribution >= 4 is 17.3 Å². The summed E-state index contributed by atoms with van der Waals surface area (Å²) >= 11 is 0. The summed E-state index contributed by atoms with van der Waals surface area (Å²) in [4.78, 5) is 22.4. The van der Waals surface area contributed by atoms with Crippen LogP contribution < -0.4 is 5.32 Å². The molecule has 0 spiro atoms. The Morgan fingerprint density at radius 3 is 2.70 bits per heavy atom. The second-order valence-corrected chi connectivity index (χ2v) is 5.28. The highest BCUT2D eigenvalue weighted by Crippen LogP contribution is 2.22. The minimum Gasteiger partial charge on any atom is -0.324 e. The molecule has 1 N–H and O–H groups in total. The number of benzene rings is 1. The Balaban J connectivity index is 2.04. The minimum absolute atomic E-state index is 0.0342. The number of hydrogen-bond acceptors (Lipinski definition) is 4. The summed E-state index contributed by atoms with van der Waals surface area (Å²) in [5.41, 5.74) is 1.60. The van der Waals surface area contributed by atoms with Crippen LogP contribution in [0.3, 0.4) is 0 Å². The van der Waals surface area contributed by atoms with Gasteiger partial charge in [-0.05, 0) is 38.5 Å². The lowest BCUT2D eigenvalue weighted by Gasteiger charge is -2.08. The van der Waals surface area contributed by atoms with Gasteiger partial charge in [0.2, 0.25) is 5.91 Å². The lowest BCUT2D eigenvalue weighted by Crippen LogP contribution is -2.16. The molecule has 7 nitrogen and oxygen atoms in total. The number of nitrogens with one attached hydrogen (secondary N) is 1. The van der Waals surface area contributed by atoms with E-state index in [4.69, 9.17) is 0 Å². The van der Waals surface area contributed by atoms with Crippen molar-refractivity contribution < 1.29 is 14.1 Å². The molecule has 0 fully saturated rings. The third kappa shape index (κ3) is 3.71. The highest BCUT2D eigenvalue weighted by Gasteiger charge is 2.21. The van der Waals surface area contributed by atoms with Crippen LogP contribution in [0.1, 0.15) is 23.4 Å². The van der Waals surface area contributed by atoms with Gasteiger partial charge in [0.05, 0.1) is 17.2 Å². The summed E-state index contributed by atoms with van der Waals surface area (Å²) in [5, 5.41) is 17.5. The van der Waals surface area contributed by atoms with Crippen molar-refractivity contribution in [3.05, 3.63) is 51.1 Å². The zero-order valence-electron chi connectivity index (χ0n) is 13.1. The second kappa shape index (κ2) is 6.55. The molecule has 0 aliphatic rings. The summed E-state index contributed by atoms with van der Waals surface area (Å²) < 4.78 is 15.0. The van der Waals surface area contributed by atoms with Crippen LogP contribution in [0.5, 0.6) is 0 Å². The third-order valence-corrected chi connectivity index (χ3v) is 3.47. The maximum atomic E-state index is 13.6. The van der Waals surface area contributed by atoms with Gasteiger partial charge in [-0.1, -0.05) is 6.07 Å². The summed E-state index contributed by atoms with van der Waals surface area (Å²) in [5.74, 6) is -0.893. The number of aryl methyl sites for hydroxylation is 3. The van der Waals surface area contributed by atoms with Crippen molar-refractivity contribution in [1.82, 2.24) is 9.78 Å². The Hall–Kier alpha value is -2.77. The molecule has 2 rings (SSSR count). The Morgan fingerprint density at radius 2 is 2.09 bits per heavy atom. The first-order valence-corrected chi connectivity index (χ1v) is 7.04. The van der Waals surface area contributed by atoms with E-state index in [1.165, 1.54) is 10.7 Å². The highest BCUT2D eigenvalue weighted by molar-refractivity contribution is 5.90. The maximum absolute atomic E-state index is 13.6. The van der Waals surface area contributed by atoms with E-state index in [1.807, 2.05) is 0 Å². The number of carbonyl (C=O) groups excluding carboxylic acids is 1. The maximum Gasteiger partial charge on any atom is 0.312 e. The summed E-state index contributed by atoms with van der Waals surface area (Å²) in [6.07, 6.45) is 0.0342. The molecule has 0 saturated carbocycles. The van der Waals surface area contributed by atoms with Gasteiger partial charge in [-0.15, -0.1) is 0 Å². The SMILES string of the molecule is Cc1ccc(F)c(NC(=O)CCn2nc(C)c([N+](=O)[O-])c2C)c1. The molecule has 0 aliphatic carbocycles. The van der Waals surface area contributed by atoms with Gasteiger partial charge in [0.15, 0.2) is 0 Å². The number of nitro groups is 1. The number of hydrogen-bond donors (Lipinski definition) is 1. The van der Waals surface area contributed by atoms with Gasteiger partial charge in [0.25, 0.3) is 0 Å². The van der Waals surface area contributed by atoms with E-state index in [-0.39, 0.29) is 30.2 Å². The van der Waals surface area contributed by atoms with Gasteiger partial charge in [-0.2, -0.15) is 5.10 Å². The van der Waals surface area contributed by atoms with Gasteiger partial charge in [0, 0.05) is 6.42 Å². The number of rotatable bonds is 5. The topological polar surface area (TPSA) is 90.1 Å². The quantitative estimate of drug-likeness (QED) is 0.677. The molecule has 0 radical (unpaired) electrons. The normalized spacial score (nSPS) is 10.6. The van der Waals surface area contributed by atoms with Crippen molar-refractivity contribution in [1.29, 1.82) is 0 Å². The molecule has 8 heteroatoms. The molecule has 0 atom stereocenters. The average Bonchev–Trinajstić information content (AvgIpc) is 2.75. The second-order valence-electron chi connectivity index (χ2n) is 5.28. The minimum atomic E-state index is -0.509. The lowest BCUT2D eigenvalue weighted by molar-refractivity contribution is -0.386. The third-order valence-electron chi connectivity index (χ3n) is 3.47. The average molecular weight is 320 g/mol. The van der Waals surface area contributed by atoms with Crippen molar-refractivity contribution in [3.8, 4) is 0 Å².